The average Bonchev–Trinajstić information content (AvgIpc) is 2.35. The largest absolute Gasteiger partial charge is 0.416 e. The first-order valence-corrected chi connectivity index (χ1v) is 6.24. The van der Waals surface area contributed by atoms with Gasteiger partial charge in [-0.05, 0) is 30.9 Å². The normalized spacial score (nSPS) is 22.3. The molecule has 0 aliphatic heterocycles. The van der Waals surface area contributed by atoms with Crippen molar-refractivity contribution in [3.63, 3.8) is 0 Å². The molecule has 1 fully saturated rings. The van der Waals surface area contributed by atoms with Crippen LogP contribution in [0.1, 0.15) is 18.4 Å². The highest BCUT2D eigenvalue weighted by molar-refractivity contribution is 5.50. The van der Waals surface area contributed by atoms with E-state index in [-0.39, 0.29) is 23.7 Å². The van der Waals surface area contributed by atoms with Crippen LogP contribution in [0.25, 0.3) is 0 Å². The Kier molecular flexibility index (Phi) is 4.05. The lowest BCUT2D eigenvalue weighted by molar-refractivity contribution is -0.137. The van der Waals surface area contributed by atoms with Crippen LogP contribution in [-0.2, 0) is 6.18 Å². The van der Waals surface area contributed by atoms with Gasteiger partial charge in [-0.3, -0.25) is 0 Å². The Labute approximate surface area is 114 Å². The first kappa shape index (κ1) is 14.9. The van der Waals surface area contributed by atoms with Crippen molar-refractivity contribution in [1.29, 1.82) is 0 Å². The molecule has 20 heavy (non-hydrogen) atoms. The van der Waals surface area contributed by atoms with Crippen LogP contribution in [0.15, 0.2) is 12.1 Å². The van der Waals surface area contributed by atoms with E-state index >= 15 is 0 Å². The zero-order valence-electron chi connectivity index (χ0n) is 11.0. The number of hydrogen-bond acceptors (Lipinski definition) is 5. The summed E-state index contributed by atoms with van der Waals surface area (Å²) in [5.41, 5.74) is 1.35. The van der Waals surface area contributed by atoms with Gasteiger partial charge in [0.05, 0.1) is 11.7 Å². The molecule has 1 heterocycles. The van der Waals surface area contributed by atoms with Crippen LogP contribution in [0.5, 0.6) is 0 Å². The Morgan fingerprint density at radius 1 is 1.45 bits per heavy atom. The third-order valence-corrected chi connectivity index (χ3v) is 3.42. The van der Waals surface area contributed by atoms with Gasteiger partial charge in [-0.15, -0.1) is 0 Å². The lowest BCUT2D eigenvalue weighted by atomic mass is 9.82. The number of alkyl halides is 3. The van der Waals surface area contributed by atoms with E-state index in [9.17, 15) is 18.3 Å². The second-order valence-corrected chi connectivity index (χ2v) is 5.11. The van der Waals surface area contributed by atoms with E-state index in [0.29, 0.717) is 19.4 Å². The van der Waals surface area contributed by atoms with Gasteiger partial charge in [0.15, 0.2) is 0 Å². The molecule has 1 aliphatic rings. The molecule has 5 nitrogen and oxygen atoms in total. The molecule has 1 aromatic heterocycles. The number of nitrogens with zero attached hydrogens (tertiary/aromatic N) is 2. The van der Waals surface area contributed by atoms with Crippen molar-refractivity contribution >= 4 is 11.6 Å². The van der Waals surface area contributed by atoms with Gasteiger partial charge in [0.2, 0.25) is 0 Å². The fourth-order valence-electron chi connectivity index (χ4n) is 2.28. The molecule has 1 aromatic rings. The van der Waals surface area contributed by atoms with E-state index < -0.39 is 11.7 Å². The van der Waals surface area contributed by atoms with Crippen LogP contribution in [0, 0.1) is 5.92 Å². The van der Waals surface area contributed by atoms with Gasteiger partial charge in [-0.2, -0.15) is 13.2 Å². The maximum atomic E-state index is 12.8. The van der Waals surface area contributed by atoms with E-state index in [2.05, 4.69) is 10.4 Å². The maximum Gasteiger partial charge on any atom is 0.416 e. The molecule has 8 heteroatoms. The molecule has 0 atom stereocenters. The Hall–Kier alpha value is -1.54. The fourth-order valence-corrected chi connectivity index (χ4v) is 2.28. The molecule has 0 radical (unpaired) electrons. The van der Waals surface area contributed by atoms with E-state index in [1.807, 2.05) is 0 Å². The summed E-state index contributed by atoms with van der Waals surface area (Å²) in [4.78, 5) is 5.67. The van der Waals surface area contributed by atoms with Gasteiger partial charge in [0.1, 0.15) is 11.6 Å². The Morgan fingerprint density at radius 3 is 2.60 bits per heavy atom. The summed E-state index contributed by atoms with van der Waals surface area (Å²) in [6.07, 6.45) is -3.39. The molecule has 1 aliphatic carbocycles. The molecule has 0 saturated heterocycles. The third-order valence-electron chi connectivity index (χ3n) is 3.42. The maximum absolute atomic E-state index is 12.8. The summed E-state index contributed by atoms with van der Waals surface area (Å²) >= 11 is 0. The highest BCUT2D eigenvalue weighted by atomic mass is 19.4. The van der Waals surface area contributed by atoms with Crippen LogP contribution in [-0.4, -0.2) is 29.8 Å². The first-order valence-electron chi connectivity index (χ1n) is 6.24. The van der Waals surface area contributed by atoms with Crippen LogP contribution in [0.4, 0.5) is 24.8 Å². The minimum atomic E-state index is -4.45. The monoisotopic (exact) mass is 290 g/mol. The molecule has 0 bridgehead atoms. The zero-order chi connectivity index (χ0) is 14.9. The molecular formula is C12H17F3N4O. The molecule has 4 N–H and O–H groups in total. The highest BCUT2D eigenvalue weighted by Crippen LogP contribution is 2.34. The Balaban J connectivity index is 2.17. The summed E-state index contributed by atoms with van der Waals surface area (Å²) < 4.78 is 38.4. The lowest BCUT2D eigenvalue weighted by Gasteiger charge is -2.35. The van der Waals surface area contributed by atoms with Gasteiger partial charge >= 0.3 is 6.18 Å². The number of aromatic nitrogens is 1. The van der Waals surface area contributed by atoms with Crippen LogP contribution in [0.3, 0.4) is 0 Å². The van der Waals surface area contributed by atoms with Gasteiger partial charge < -0.3 is 15.4 Å². The predicted octanol–water partition coefficient (Wildman–Crippen LogP) is 1.59. The van der Waals surface area contributed by atoms with E-state index in [1.165, 1.54) is 0 Å². The Morgan fingerprint density at radius 2 is 2.10 bits per heavy atom. The van der Waals surface area contributed by atoms with Crippen molar-refractivity contribution in [1.82, 2.24) is 4.98 Å². The number of rotatable bonds is 4. The number of anilines is 2. The smallest absolute Gasteiger partial charge is 0.393 e. The molecule has 1 saturated carbocycles. The highest BCUT2D eigenvalue weighted by Gasteiger charge is 2.33. The first-order chi connectivity index (χ1) is 9.29. The zero-order valence-corrected chi connectivity index (χ0v) is 11.0. The number of hydrogen-bond donors (Lipinski definition) is 3. The number of pyridine rings is 1. The van der Waals surface area contributed by atoms with Crippen LogP contribution >= 0.6 is 0 Å². The van der Waals surface area contributed by atoms with Crippen molar-refractivity contribution in [2.45, 2.75) is 25.1 Å². The third kappa shape index (κ3) is 3.31. The topological polar surface area (TPSA) is 74.4 Å². The van der Waals surface area contributed by atoms with Gasteiger partial charge in [-0.1, -0.05) is 0 Å². The Bertz CT molecular complexity index is 474. The van der Waals surface area contributed by atoms with E-state index in [0.717, 1.165) is 12.1 Å². The number of aliphatic hydroxyl groups is 1. The van der Waals surface area contributed by atoms with Crippen molar-refractivity contribution in [2.24, 2.45) is 11.8 Å². The predicted molar refractivity (Wildman–Crippen MR) is 69.0 cm³/mol. The van der Waals surface area contributed by atoms with Crippen molar-refractivity contribution in [3.8, 4) is 0 Å². The minimum absolute atomic E-state index is 0.0321. The summed E-state index contributed by atoms with van der Waals surface area (Å²) in [5.74, 6) is 5.61. The number of aliphatic hydroxyl groups excluding tert-OH is 1. The summed E-state index contributed by atoms with van der Waals surface area (Å²) in [6.45, 7) is 0.551. The molecule has 0 aromatic carbocycles. The van der Waals surface area contributed by atoms with Crippen LogP contribution < -0.4 is 16.2 Å². The number of halogens is 3. The molecule has 0 spiro atoms. The second-order valence-electron chi connectivity index (χ2n) is 5.11. The van der Waals surface area contributed by atoms with Crippen LogP contribution in [0.2, 0.25) is 0 Å². The summed E-state index contributed by atoms with van der Waals surface area (Å²) in [6, 6.07) is 1.86. The quantitative estimate of drug-likeness (QED) is 0.580. The summed E-state index contributed by atoms with van der Waals surface area (Å²) in [5, 5.41) is 9.23. The van der Waals surface area contributed by atoms with Gasteiger partial charge in [0.25, 0.3) is 0 Å². The number of hydrazine groups is 1. The fraction of sp³-hybridized carbons (Fsp3) is 0.583. The molecule has 0 unspecified atom stereocenters. The number of nitrogen functional groups attached to an aromatic ring is 1. The van der Waals surface area contributed by atoms with Gasteiger partial charge in [-0.25, -0.2) is 10.8 Å². The average molecular weight is 290 g/mol. The molecular weight excluding hydrogens is 273 g/mol. The molecule has 112 valence electrons. The van der Waals surface area contributed by atoms with Crippen molar-refractivity contribution in [2.75, 3.05) is 23.9 Å². The lowest BCUT2D eigenvalue weighted by Crippen LogP contribution is -2.37. The summed E-state index contributed by atoms with van der Waals surface area (Å²) in [7, 11) is 1.67. The van der Waals surface area contributed by atoms with Crippen molar-refractivity contribution < 1.29 is 18.3 Å². The minimum Gasteiger partial charge on any atom is -0.393 e. The second kappa shape index (κ2) is 5.45. The van der Waals surface area contributed by atoms with E-state index in [1.54, 1.807) is 11.9 Å². The van der Waals surface area contributed by atoms with E-state index in [4.69, 9.17) is 5.84 Å². The molecule has 2 rings (SSSR count). The van der Waals surface area contributed by atoms with Gasteiger partial charge in [0, 0.05) is 13.6 Å². The standard InChI is InChI=1S/C12H17F3N4O/c1-19(6-7-2-9(20)3-7)11-5-8(12(13,14)15)4-10(17-11)18-16/h4-5,7,9,20H,2-3,6,16H2,1H3,(H,17,18). The number of nitrogens with two attached hydrogens (primary N) is 1. The SMILES string of the molecule is CN(CC1CC(O)C1)c1cc(C(F)(F)F)cc(NN)n1. The molecule has 0 amide bonds. The van der Waals surface area contributed by atoms with Crippen molar-refractivity contribution in [3.05, 3.63) is 17.7 Å². The number of nitrogens with one attached hydrogen (secondary N) is 1.